The summed E-state index contributed by atoms with van der Waals surface area (Å²) in [6.45, 7) is 10.2. The lowest BCUT2D eigenvalue weighted by Crippen LogP contribution is -2.50. The van der Waals surface area contributed by atoms with Crippen LogP contribution in [0.3, 0.4) is 0 Å². The highest BCUT2D eigenvalue weighted by Crippen LogP contribution is 2.46. The summed E-state index contributed by atoms with van der Waals surface area (Å²) in [6.07, 6.45) is 1.37. The molecule has 0 spiro atoms. The van der Waals surface area contributed by atoms with Crippen molar-refractivity contribution in [3.05, 3.63) is 82.5 Å². The number of H-pyrrole nitrogens is 1. The van der Waals surface area contributed by atoms with Gasteiger partial charge in [0, 0.05) is 45.4 Å². The van der Waals surface area contributed by atoms with Crippen LogP contribution in [0.15, 0.2) is 59.6 Å². The number of primary sulfonamides is 1. The summed E-state index contributed by atoms with van der Waals surface area (Å²) < 4.78 is 23.8. The van der Waals surface area contributed by atoms with Crippen molar-refractivity contribution in [2.24, 2.45) is 5.14 Å². The number of hydrogen-bond acceptors (Lipinski definition) is 4. The van der Waals surface area contributed by atoms with Gasteiger partial charge in [-0.3, -0.25) is 0 Å². The summed E-state index contributed by atoms with van der Waals surface area (Å²) in [5, 5.41) is 21.2. The molecule has 5 rings (SSSR count). The number of sulfonamides is 1. The molecule has 1 aromatic heterocycles. The van der Waals surface area contributed by atoms with Crippen molar-refractivity contribution in [3.8, 4) is 23.0 Å². The molecule has 2 heterocycles. The highest BCUT2D eigenvalue weighted by Gasteiger charge is 2.40. The van der Waals surface area contributed by atoms with Crippen molar-refractivity contribution >= 4 is 26.6 Å². The van der Waals surface area contributed by atoms with Crippen molar-refractivity contribution in [2.75, 3.05) is 5.32 Å². The summed E-state index contributed by atoms with van der Waals surface area (Å²) in [6, 6.07) is 14.7. The molecule has 0 bridgehead atoms. The van der Waals surface area contributed by atoms with E-state index in [0.717, 1.165) is 50.0 Å². The predicted octanol–water partition coefficient (Wildman–Crippen LogP) is 5.17. The van der Waals surface area contributed by atoms with E-state index in [9.17, 15) is 13.5 Å². The smallest absolute Gasteiger partial charge is 0.238 e. The molecular formula is C30H31N3O3S. The zero-order valence-corrected chi connectivity index (χ0v) is 22.4. The van der Waals surface area contributed by atoms with Gasteiger partial charge in [-0.25, -0.2) is 13.6 Å². The second kappa shape index (κ2) is 8.77. The molecule has 0 aliphatic carbocycles. The number of fused-ring (bicyclic) bond motifs is 2. The summed E-state index contributed by atoms with van der Waals surface area (Å²) >= 11 is 0. The molecular weight excluding hydrogens is 482 g/mol. The van der Waals surface area contributed by atoms with Crippen LogP contribution in [0, 0.1) is 25.7 Å². The fourth-order valence-electron chi connectivity index (χ4n) is 5.40. The zero-order valence-electron chi connectivity index (χ0n) is 21.6. The second-order valence-corrected chi connectivity index (χ2v) is 12.1. The summed E-state index contributed by atoms with van der Waals surface area (Å²) in [5.74, 6) is 6.35. The topological polar surface area (TPSA) is 108 Å². The van der Waals surface area contributed by atoms with E-state index in [1.165, 1.54) is 12.1 Å². The molecule has 3 aromatic carbocycles. The van der Waals surface area contributed by atoms with Gasteiger partial charge in [0.1, 0.15) is 0 Å². The van der Waals surface area contributed by atoms with Crippen molar-refractivity contribution < 1.29 is 13.5 Å². The Balaban J connectivity index is 1.81. The lowest BCUT2D eigenvalue weighted by atomic mass is 9.75. The first kappa shape index (κ1) is 25.1. The normalized spacial score (nSPS) is 18.6. The monoisotopic (exact) mass is 513 g/mol. The molecule has 0 amide bonds. The molecule has 1 aliphatic heterocycles. The maximum Gasteiger partial charge on any atom is 0.238 e. The Morgan fingerprint density at radius 3 is 2.46 bits per heavy atom. The molecule has 0 fully saturated rings. The van der Waals surface area contributed by atoms with Crippen molar-refractivity contribution in [2.45, 2.75) is 57.1 Å². The maximum atomic E-state index is 11.9. The number of benzene rings is 3. The molecule has 6 nitrogen and oxygen atoms in total. The van der Waals surface area contributed by atoms with Gasteiger partial charge in [-0.1, -0.05) is 43.0 Å². The highest BCUT2D eigenvalue weighted by molar-refractivity contribution is 7.89. The van der Waals surface area contributed by atoms with Gasteiger partial charge < -0.3 is 15.4 Å². The van der Waals surface area contributed by atoms with E-state index < -0.39 is 21.7 Å². The van der Waals surface area contributed by atoms with Crippen molar-refractivity contribution in [3.63, 3.8) is 0 Å². The van der Waals surface area contributed by atoms with Gasteiger partial charge in [-0.2, -0.15) is 0 Å². The predicted molar refractivity (Wildman–Crippen MR) is 149 cm³/mol. The van der Waals surface area contributed by atoms with E-state index in [4.69, 9.17) is 5.14 Å². The van der Waals surface area contributed by atoms with E-state index >= 15 is 0 Å². The van der Waals surface area contributed by atoms with Gasteiger partial charge in [0.15, 0.2) is 0 Å². The second-order valence-electron chi connectivity index (χ2n) is 10.5. The van der Waals surface area contributed by atoms with Crippen molar-refractivity contribution in [1.29, 1.82) is 0 Å². The average Bonchev–Trinajstić information content (AvgIpc) is 3.23. The molecule has 1 aliphatic rings. The van der Waals surface area contributed by atoms with Crippen LogP contribution < -0.4 is 10.5 Å². The van der Waals surface area contributed by atoms with Crippen molar-refractivity contribution in [1.82, 2.24) is 4.98 Å². The number of para-hydroxylation sites is 1. The van der Waals surface area contributed by atoms with E-state index in [1.54, 1.807) is 12.1 Å². The Hall–Kier alpha value is -3.57. The first-order valence-electron chi connectivity index (χ1n) is 12.2. The largest absolute Gasteiger partial charge is 0.390 e. The number of aromatic nitrogens is 1. The number of hydrogen-bond donors (Lipinski definition) is 4. The third kappa shape index (κ3) is 4.31. The number of nitrogens with two attached hydrogens (primary N) is 1. The van der Waals surface area contributed by atoms with Gasteiger partial charge in [0.25, 0.3) is 0 Å². The molecule has 2 atom stereocenters. The SMILES string of the molecule is Cc1cc(-c2cccc3c(C)c[nH]c23)c(C#Cc2cccc(S(N)(=O)=O)c2)c2c1NC(C)(C)C(O)C2C. The van der Waals surface area contributed by atoms with Crippen LogP contribution in [0.2, 0.25) is 0 Å². The van der Waals surface area contributed by atoms with Crippen LogP contribution in [-0.4, -0.2) is 30.2 Å². The Morgan fingerprint density at radius 1 is 1.00 bits per heavy atom. The molecule has 5 N–H and O–H groups in total. The van der Waals surface area contributed by atoms with Gasteiger partial charge in [0.05, 0.1) is 22.1 Å². The summed E-state index contributed by atoms with van der Waals surface area (Å²) in [5.41, 5.74) is 7.99. The van der Waals surface area contributed by atoms with Gasteiger partial charge in [0.2, 0.25) is 10.0 Å². The van der Waals surface area contributed by atoms with Gasteiger partial charge in [-0.15, -0.1) is 0 Å². The Labute approximate surface area is 218 Å². The van der Waals surface area contributed by atoms with E-state index in [-0.39, 0.29) is 10.8 Å². The lowest BCUT2D eigenvalue weighted by molar-refractivity contribution is 0.0868. The maximum absolute atomic E-state index is 11.9. The van der Waals surface area contributed by atoms with E-state index in [2.05, 4.69) is 54.2 Å². The third-order valence-corrected chi connectivity index (χ3v) is 8.30. The number of aliphatic hydroxyl groups excluding tert-OH is 1. The minimum Gasteiger partial charge on any atom is -0.390 e. The molecule has 190 valence electrons. The number of aromatic amines is 1. The number of rotatable bonds is 2. The first-order chi connectivity index (χ1) is 17.4. The summed E-state index contributed by atoms with van der Waals surface area (Å²) in [7, 11) is -3.85. The minimum atomic E-state index is -3.85. The van der Waals surface area contributed by atoms with Crippen LogP contribution in [-0.2, 0) is 10.0 Å². The number of anilines is 1. The zero-order chi connectivity index (χ0) is 26.7. The lowest BCUT2D eigenvalue weighted by Gasteiger charge is -2.43. The highest BCUT2D eigenvalue weighted by atomic mass is 32.2. The number of nitrogens with one attached hydrogen (secondary N) is 2. The molecule has 2 unspecified atom stereocenters. The minimum absolute atomic E-state index is 0.0179. The molecule has 0 radical (unpaired) electrons. The summed E-state index contributed by atoms with van der Waals surface area (Å²) in [4.78, 5) is 3.44. The van der Waals surface area contributed by atoms with Crippen LogP contribution in [0.25, 0.3) is 22.0 Å². The van der Waals surface area contributed by atoms with Crippen LogP contribution in [0.4, 0.5) is 5.69 Å². The first-order valence-corrected chi connectivity index (χ1v) is 13.8. The molecule has 4 aromatic rings. The van der Waals surface area contributed by atoms with E-state index in [1.807, 2.05) is 33.0 Å². The van der Waals surface area contributed by atoms with Gasteiger partial charge >= 0.3 is 0 Å². The molecule has 37 heavy (non-hydrogen) atoms. The van der Waals surface area contributed by atoms with Crippen LogP contribution >= 0.6 is 0 Å². The Bertz CT molecular complexity index is 1720. The fraction of sp³-hybridized carbons (Fsp3) is 0.267. The Kier molecular flexibility index (Phi) is 5.95. The van der Waals surface area contributed by atoms with Crippen LogP contribution in [0.1, 0.15) is 54.5 Å². The number of aliphatic hydroxyl groups is 1. The molecule has 7 heteroatoms. The fourth-order valence-corrected chi connectivity index (χ4v) is 5.95. The third-order valence-electron chi connectivity index (χ3n) is 7.39. The molecule has 0 saturated carbocycles. The quantitative estimate of drug-likeness (QED) is 0.277. The van der Waals surface area contributed by atoms with E-state index in [0.29, 0.717) is 5.56 Å². The average molecular weight is 514 g/mol. The van der Waals surface area contributed by atoms with Gasteiger partial charge in [-0.05, 0) is 68.7 Å². The Morgan fingerprint density at radius 2 is 1.73 bits per heavy atom. The van der Waals surface area contributed by atoms with Crippen LogP contribution in [0.5, 0.6) is 0 Å². The standard InChI is InChI=1S/C30H31N3O3S/c1-17-14-25(24-11-7-10-22-18(2)16-32-28(22)24)23(26-19(3)29(34)30(4,5)33-27(17)26)13-12-20-8-6-9-21(15-20)37(31,35)36/h6-11,14-16,19,29,32-34H,1-5H3,(H2,31,35,36). The molecule has 0 saturated heterocycles. The number of aryl methyl sites for hydroxylation is 2.